The number of rotatable bonds is 52. The molecule has 0 aromatic rings. The third kappa shape index (κ3) is 52.3. The molecule has 66 heavy (non-hydrogen) atoms. The summed E-state index contributed by atoms with van der Waals surface area (Å²) in [6, 6.07) is 0. The van der Waals surface area contributed by atoms with Gasteiger partial charge in [-0.05, 0) is 96.3 Å². The Morgan fingerprint density at radius 3 is 0.879 bits per heavy atom. The van der Waals surface area contributed by atoms with E-state index in [-0.39, 0.29) is 31.1 Å². The van der Waals surface area contributed by atoms with Crippen LogP contribution in [0.1, 0.15) is 297 Å². The lowest BCUT2D eigenvalue weighted by Crippen LogP contribution is -2.30. The predicted molar refractivity (Wildman–Crippen MR) is 284 cm³/mol. The smallest absolute Gasteiger partial charge is 0.306 e. The van der Waals surface area contributed by atoms with Gasteiger partial charge in [0.1, 0.15) is 13.2 Å². The number of allylic oxidation sites excluding steroid dienone is 8. The van der Waals surface area contributed by atoms with Gasteiger partial charge < -0.3 is 14.2 Å². The van der Waals surface area contributed by atoms with Crippen LogP contribution in [0.5, 0.6) is 0 Å². The first kappa shape index (κ1) is 63.4. The molecule has 0 fully saturated rings. The highest BCUT2D eigenvalue weighted by Crippen LogP contribution is 2.15. The van der Waals surface area contributed by atoms with Crippen LogP contribution in [-0.2, 0) is 28.6 Å². The van der Waals surface area contributed by atoms with Gasteiger partial charge >= 0.3 is 17.9 Å². The summed E-state index contributed by atoms with van der Waals surface area (Å²) in [5.41, 5.74) is 0. The van der Waals surface area contributed by atoms with Gasteiger partial charge in [-0.1, -0.05) is 230 Å². The van der Waals surface area contributed by atoms with Crippen molar-refractivity contribution in [3.8, 4) is 0 Å². The first-order chi connectivity index (χ1) is 32.5. The second-order valence-electron chi connectivity index (χ2n) is 19.2. The second-order valence-corrected chi connectivity index (χ2v) is 19.2. The molecule has 0 rings (SSSR count). The first-order valence-corrected chi connectivity index (χ1v) is 28.7. The van der Waals surface area contributed by atoms with Crippen molar-refractivity contribution in [2.24, 2.45) is 0 Å². The summed E-state index contributed by atoms with van der Waals surface area (Å²) in [5, 5.41) is 0. The van der Waals surface area contributed by atoms with Crippen molar-refractivity contribution in [3.05, 3.63) is 48.6 Å². The summed E-state index contributed by atoms with van der Waals surface area (Å²) >= 11 is 0. The van der Waals surface area contributed by atoms with Crippen molar-refractivity contribution in [2.45, 2.75) is 303 Å². The van der Waals surface area contributed by atoms with Crippen molar-refractivity contribution in [1.29, 1.82) is 0 Å². The Bertz CT molecular complexity index is 1150. The Labute approximate surface area is 409 Å². The van der Waals surface area contributed by atoms with E-state index in [0.29, 0.717) is 19.3 Å². The van der Waals surface area contributed by atoms with Gasteiger partial charge in [-0.2, -0.15) is 0 Å². The minimum Gasteiger partial charge on any atom is -0.462 e. The molecule has 0 aliphatic carbocycles. The zero-order chi connectivity index (χ0) is 47.9. The van der Waals surface area contributed by atoms with Gasteiger partial charge in [0.2, 0.25) is 0 Å². The SMILES string of the molecule is CCCCC/C=C\C=C/CCCCCCCCCCCCC(=O)OCC(COC(=O)CCCCCCC/C=C\CCCCC)OC(=O)CCCCCCCCC/C=C\CCCCCCCC. The molecule has 6 nitrogen and oxygen atoms in total. The van der Waals surface area contributed by atoms with E-state index in [1.54, 1.807) is 0 Å². The molecule has 0 N–H and O–H groups in total. The highest BCUT2D eigenvalue weighted by Gasteiger charge is 2.19. The monoisotopic (exact) mass is 925 g/mol. The molecular formula is C60H108O6. The van der Waals surface area contributed by atoms with E-state index in [1.165, 1.54) is 193 Å². The normalized spacial score (nSPS) is 12.3. The van der Waals surface area contributed by atoms with Gasteiger partial charge in [-0.25, -0.2) is 0 Å². The first-order valence-electron chi connectivity index (χ1n) is 28.7. The zero-order valence-corrected chi connectivity index (χ0v) is 44.0. The maximum absolute atomic E-state index is 12.8. The topological polar surface area (TPSA) is 78.9 Å². The maximum Gasteiger partial charge on any atom is 0.306 e. The molecule has 0 spiro atoms. The fraction of sp³-hybridized carbons (Fsp3) is 0.817. The lowest BCUT2D eigenvalue weighted by molar-refractivity contribution is -0.167. The zero-order valence-electron chi connectivity index (χ0n) is 44.0. The maximum atomic E-state index is 12.8. The molecule has 1 unspecified atom stereocenters. The summed E-state index contributed by atoms with van der Waals surface area (Å²) < 4.78 is 16.9. The fourth-order valence-electron chi connectivity index (χ4n) is 8.19. The molecule has 0 heterocycles. The summed E-state index contributed by atoms with van der Waals surface area (Å²) in [5.74, 6) is -0.883. The van der Waals surface area contributed by atoms with E-state index in [1.807, 2.05) is 0 Å². The molecule has 0 radical (unpaired) electrons. The van der Waals surface area contributed by atoms with Gasteiger partial charge in [0.15, 0.2) is 6.10 Å². The Hall–Kier alpha value is -2.63. The highest BCUT2D eigenvalue weighted by molar-refractivity contribution is 5.71. The Morgan fingerprint density at radius 1 is 0.303 bits per heavy atom. The average molecular weight is 926 g/mol. The molecule has 0 aliphatic heterocycles. The number of esters is 3. The van der Waals surface area contributed by atoms with Crippen LogP contribution in [0.25, 0.3) is 0 Å². The number of ether oxygens (including phenoxy) is 3. The molecule has 0 saturated heterocycles. The van der Waals surface area contributed by atoms with Crippen LogP contribution in [0.3, 0.4) is 0 Å². The van der Waals surface area contributed by atoms with Gasteiger partial charge in [0.25, 0.3) is 0 Å². The van der Waals surface area contributed by atoms with E-state index in [9.17, 15) is 14.4 Å². The third-order valence-corrected chi connectivity index (χ3v) is 12.6. The van der Waals surface area contributed by atoms with Gasteiger partial charge in [0, 0.05) is 19.3 Å². The predicted octanol–water partition coefficient (Wildman–Crippen LogP) is 19.0. The van der Waals surface area contributed by atoms with Crippen molar-refractivity contribution in [3.63, 3.8) is 0 Å². The number of carbonyl (C=O) groups excluding carboxylic acids is 3. The van der Waals surface area contributed by atoms with Crippen LogP contribution in [0.15, 0.2) is 48.6 Å². The minimum absolute atomic E-state index is 0.0778. The van der Waals surface area contributed by atoms with E-state index in [2.05, 4.69) is 69.4 Å². The molecule has 0 aromatic heterocycles. The molecular weight excluding hydrogens is 817 g/mol. The molecule has 0 amide bonds. The van der Waals surface area contributed by atoms with E-state index in [4.69, 9.17) is 14.2 Å². The van der Waals surface area contributed by atoms with Crippen molar-refractivity contribution in [1.82, 2.24) is 0 Å². The second kappa shape index (κ2) is 55.0. The lowest BCUT2D eigenvalue weighted by atomic mass is 10.1. The van der Waals surface area contributed by atoms with Crippen molar-refractivity contribution in [2.75, 3.05) is 13.2 Å². The molecule has 0 aromatic carbocycles. The van der Waals surface area contributed by atoms with Crippen LogP contribution in [0.2, 0.25) is 0 Å². The highest BCUT2D eigenvalue weighted by atomic mass is 16.6. The molecule has 1 atom stereocenters. The summed E-state index contributed by atoms with van der Waals surface area (Å²) in [4.78, 5) is 38.1. The van der Waals surface area contributed by atoms with Gasteiger partial charge in [-0.15, -0.1) is 0 Å². The van der Waals surface area contributed by atoms with Crippen molar-refractivity contribution < 1.29 is 28.6 Å². The largest absolute Gasteiger partial charge is 0.462 e. The molecule has 0 bridgehead atoms. The molecule has 0 aliphatic rings. The summed E-state index contributed by atoms with van der Waals surface area (Å²) in [7, 11) is 0. The number of hydrogen-bond donors (Lipinski definition) is 0. The third-order valence-electron chi connectivity index (χ3n) is 12.6. The Balaban J connectivity index is 4.34. The van der Waals surface area contributed by atoms with Crippen LogP contribution < -0.4 is 0 Å². The molecule has 6 heteroatoms. The summed E-state index contributed by atoms with van der Waals surface area (Å²) in [6.45, 7) is 6.60. The van der Waals surface area contributed by atoms with Crippen LogP contribution in [-0.4, -0.2) is 37.2 Å². The van der Waals surface area contributed by atoms with Crippen molar-refractivity contribution >= 4 is 17.9 Å². The average Bonchev–Trinajstić information content (AvgIpc) is 3.31. The standard InChI is InChI=1S/C60H108O6/c1-4-7-10-13-16-19-22-25-27-29-30-32-33-35-38-41-44-47-50-53-59(62)65-56-57(55-64-58(61)52-49-46-43-40-37-24-21-18-15-12-9-6-3)66-60(63)54-51-48-45-42-39-36-34-31-28-26-23-20-17-14-11-8-5-2/h16,18-19,21-22,25-26,28,57H,4-15,17,20,23-24,27,29-56H2,1-3H3/b19-16-,21-18-,25-22-,28-26-. The number of hydrogen-bond acceptors (Lipinski definition) is 6. The number of unbranched alkanes of at least 4 members (excludes halogenated alkanes) is 34. The quantitative estimate of drug-likeness (QED) is 0.0199. The van der Waals surface area contributed by atoms with Gasteiger partial charge in [-0.3, -0.25) is 14.4 Å². The molecule has 384 valence electrons. The Morgan fingerprint density at radius 2 is 0.545 bits per heavy atom. The van der Waals surface area contributed by atoms with Crippen LogP contribution in [0, 0.1) is 0 Å². The summed E-state index contributed by atoms with van der Waals surface area (Å²) in [6.07, 6.45) is 66.7. The van der Waals surface area contributed by atoms with Crippen LogP contribution >= 0.6 is 0 Å². The van der Waals surface area contributed by atoms with E-state index in [0.717, 1.165) is 64.2 Å². The lowest BCUT2D eigenvalue weighted by Gasteiger charge is -2.18. The van der Waals surface area contributed by atoms with E-state index >= 15 is 0 Å². The number of carbonyl (C=O) groups is 3. The fourth-order valence-corrected chi connectivity index (χ4v) is 8.19. The molecule has 0 saturated carbocycles. The van der Waals surface area contributed by atoms with Gasteiger partial charge in [0.05, 0.1) is 0 Å². The minimum atomic E-state index is -0.779. The van der Waals surface area contributed by atoms with Crippen LogP contribution in [0.4, 0.5) is 0 Å². The Kier molecular flexibility index (Phi) is 52.8. The van der Waals surface area contributed by atoms with E-state index < -0.39 is 6.10 Å².